The van der Waals surface area contributed by atoms with Crippen molar-refractivity contribution < 1.29 is 19.0 Å². The van der Waals surface area contributed by atoms with Crippen LogP contribution in [0.1, 0.15) is 6.92 Å². The van der Waals surface area contributed by atoms with Crippen molar-refractivity contribution in [3.05, 3.63) is 66.2 Å². The molecule has 0 unspecified atom stereocenters. The van der Waals surface area contributed by atoms with Gasteiger partial charge in [0.1, 0.15) is 30.5 Å². The number of thiocarbonyl (C=S) groups is 1. The smallest absolute Gasteiger partial charge is 0.331 e. The zero-order valence-corrected chi connectivity index (χ0v) is 14.1. The maximum atomic E-state index is 11.4. The van der Waals surface area contributed by atoms with Crippen molar-refractivity contribution in [1.82, 2.24) is 0 Å². The molecule has 0 heterocycles. The highest BCUT2D eigenvalue weighted by atomic mass is 32.1. The van der Waals surface area contributed by atoms with Crippen LogP contribution in [0, 0.1) is 0 Å². The minimum absolute atomic E-state index is 0.127. The zero-order valence-electron chi connectivity index (χ0n) is 13.3. The average molecular weight is 342 g/mol. The molecule has 24 heavy (non-hydrogen) atoms. The Labute approximate surface area is 146 Å². The first kappa shape index (κ1) is 17.7. The third-order valence-electron chi connectivity index (χ3n) is 2.93. The third-order valence-corrected chi connectivity index (χ3v) is 3.06. The van der Waals surface area contributed by atoms with Crippen molar-refractivity contribution in [3.63, 3.8) is 0 Å². The van der Waals surface area contributed by atoms with Gasteiger partial charge in [-0.05, 0) is 48.9 Å². The van der Waals surface area contributed by atoms with Gasteiger partial charge in [-0.2, -0.15) is 0 Å². The van der Waals surface area contributed by atoms with Gasteiger partial charge in [0, 0.05) is 11.4 Å². The number of esters is 1. The molecule has 124 valence electrons. The molecule has 0 atom stereocenters. The highest BCUT2D eigenvalue weighted by Crippen LogP contribution is 2.23. The molecular weight excluding hydrogens is 324 g/mol. The van der Waals surface area contributed by atoms with Crippen LogP contribution in [-0.2, 0) is 9.53 Å². The molecule has 5 heteroatoms. The third kappa shape index (κ3) is 6.22. The summed E-state index contributed by atoms with van der Waals surface area (Å²) < 4.78 is 16.2. The molecule has 0 spiro atoms. The first-order valence-electron chi connectivity index (χ1n) is 7.40. The first-order chi connectivity index (χ1) is 11.7. The Kier molecular flexibility index (Phi) is 6.98. The first-order valence-corrected chi connectivity index (χ1v) is 7.88. The van der Waals surface area contributed by atoms with Crippen LogP contribution in [0.2, 0.25) is 0 Å². The van der Waals surface area contributed by atoms with E-state index in [9.17, 15) is 4.79 Å². The molecule has 0 saturated carbocycles. The average Bonchev–Trinajstić information content (AvgIpc) is 2.60. The van der Waals surface area contributed by atoms with E-state index in [4.69, 9.17) is 14.2 Å². The normalized spacial score (nSPS) is 10.8. The van der Waals surface area contributed by atoms with Crippen LogP contribution in [0.25, 0.3) is 0 Å². The van der Waals surface area contributed by atoms with E-state index in [2.05, 4.69) is 12.2 Å². The quantitative estimate of drug-likeness (QED) is 0.405. The van der Waals surface area contributed by atoms with Gasteiger partial charge in [0.2, 0.25) is 0 Å². The van der Waals surface area contributed by atoms with Gasteiger partial charge < -0.3 is 14.2 Å². The van der Waals surface area contributed by atoms with Crippen molar-refractivity contribution in [3.8, 4) is 17.2 Å². The van der Waals surface area contributed by atoms with Crippen molar-refractivity contribution in [1.29, 1.82) is 0 Å². The van der Waals surface area contributed by atoms with E-state index < -0.39 is 5.97 Å². The summed E-state index contributed by atoms with van der Waals surface area (Å²) in [6, 6.07) is 16.8. The maximum absolute atomic E-state index is 11.4. The summed E-state index contributed by atoms with van der Waals surface area (Å²) in [6.07, 6.45) is 1.39. The van der Waals surface area contributed by atoms with Gasteiger partial charge in [0.25, 0.3) is 0 Å². The van der Waals surface area contributed by atoms with E-state index in [1.165, 1.54) is 11.4 Å². The summed E-state index contributed by atoms with van der Waals surface area (Å²) >= 11 is 4.59. The molecule has 0 aromatic heterocycles. The summed E-state index contributed by atoms with van der Waals surface area (Å²) in [5, 5.41) is 1.36. The standard InChI is InChI=1S/C19H18O4S/c1-15(13-19(20)21-11-12-24)14-22-16-7-9-18(10-8-16)23-17-5-3-2-4-6-17/h2-10,12-13H,11,14H2,1H3/b15-13-. The fraction of sp³-hybridized carbons (Fsp3) is 0.158. The van der Waals surface area contributed by atoms with Gasteiger partial charge in [-0.3, -0.25) is 0 Å². The largest absolute Gasteiger partial charge is 0.489 e. The Morgan fingerprint density at radius 1 is 1.00 bits per heavy atom. The number of ether oxygens (including phenoxy) is 3. The molecule has 2 aromatic carbocycles. The molecule has 2 aromatic rings. The number of rotatable bonds is 8. The molecule has 0 radical (unpaired) electrons. The van der Waals surface area contributed by atoms with E-state index >= 15 is 0 Å². The SMILES string of the molecule is C/C(=C/C(=O)OCC=S)COc1ccc(Oc2ccccc2)cc1. The predicted octanol–water partition coefficient (Wildman–Crippen LogP) is 4.35. The summed E-state index contributed by atoms with van der Waals surface area (Å²) in [4.78, 5) is 11.4. The number of para-hydroxylation sites is 1. The number of hydrogen-bond acceptors (Lipinski definition) is 5. The second kappa shape index (κ2) is 9.47. The van der Waals surface area contributed by atoms with Crippen LogP contribution < -0.4 is 9.47 Å². The lowest BCUT2D eigenvalue weighted by molar-refractivity contribution is -0.136. The molecule has 0 saturated heterocycles. The summed E-state index contributed by atoms with van der Waals surface area (Å²) in [7, 11) is 0. The molecule has 4 nitrogen and oxygen atoms in total. The van der Waals surface area contributed by atoms with E-state index in [1.807, 2.05) is 54.6 Å². The Morgan fingerprint density at radius 3 is 2.29 bits per heavy atom. The van der Waals surface area contributed by atoms with Crippen molar-refractivity contribution in [2.75, 3.05) is 13.2 Å². The van der Waals surface area contributed by atoms with Gasteiger partial charge >= 0.3 is 5.97 Å². The van der Waals surface area contributed by atoms with E-state index in [0.717, 1.165) is 17.1 Å². The topological polar surface area (TPSA) is 44.8 Å². The predicted molar refractivity (Wildman–Crippen MR) is 96.8 cm³/mol. The lowest BCUT2D eigenvalue weighted by atomic mass is 10.3. The Morgan fingerprint density at radius 2 is 1.62 bits per heavy atom. The Hall–Kier alpha value is -2.66. The van der Waals surface area contributed by atoms with Crippen LogP contribution in [0.5, 0.6) is 17.2 Å². The van der Waals surface area contributed by atoms with Gasteiger partial charge in [-0.15, -0.1) is 0 Å². The zero-order chi connectivity index (χ0) is 17.2. The Bertz CT molecular complexity index is 693. The summed E-state index contributed by atoms with van der Waals surface area (Å²) in [5.74, 6) is 1.77. The van der Waals surface area contributed by atoms with Crippen LogP contribution in [0.3, 0.4) is 0 Å². The Balaban J connectivity index is 1.84. The molecule has 0 aliphatic rings. The molecule has 0 bridgehead atoms. The van der Waals surface area contributed by atoms with E-state index in [-0.39, 0.29) is 6.61 Å². The van der Waals surface area contributed by atoms with Crippen LogP contribution in [-0.4, -0.2) is 24.6 Å². The number of carbonyl (C=O) groups is 1. The van der Waals surface area contributed by atoms with E-state index in [1.54, 1.807) is 6.92 Å². The fourth-order valence-corrected chi connectivity index (χ4v) is 1.89. The lowest BCUT2D eigenvalue weighted by Crippen LogP contribution is -2.06. The monoisotopic (exact) mass is 342 g/mol. The summed E-state index contributed by atoms with van der Waals surface area (Å²) in [5.41, 5.74) is 0.758. The van der Waals surface area contributed by atoms with Gasteiger partial charge in [0.15, 0.2) is 0 Å². The number of carbonyl (C=O) groups excluding carboxylic acids is 1. The molecule has 0 N–H and O–H groups in total. The van der Waals surface area contributed by atoms with E-state index in [0.29, 0.717) is 12.4 Å². The molecule has 0 aliphatic heterocycles. The van der Waals surface area contributed by atoms with Crippen molar-refractivity contribution in [2.45, 2.75) is 6.92 Å². The highest BCUT2D eigenvalue weighted by Gasteiger charge is 2.01. The second-order valence-electron chi connectivity index (χ2n) is 4.96. The van der Waals surface area contributed by atoms with Crippen molar-refractivity contribution in [2.24, 2.45) is 0 Å². The van der Waals surface area contributed by atoms with Gasteiger partial charge in [-0.1, -0.05) is 30.4 Å². The molecule has 0 aliphatic carbocycles. The highest BCUT2D eigenvalue weighted by molar-refractivity contribution is 7.79. The number of hydrogen-bond donors (Lipinski definition) is 0. The maximum Gasteiger partial charge on any atom is 0.331 e. The summed E-state index contributed by atoms with van der Waals surface area (Å²) in [6.45, 7) is 2.22. The van der Waals surface area contributed by atoms with Crippen molar-refractivity contribution >= 4 is 23.6 Å². The number of benzene rings is 2. The fourth-order valence-electron chi connectivity index (χ4n) is 1.83. The van der Waals surface area contributed by atoms with Gasteiger partial charge in [-0.25, -0.2) is 4.79 Å². The minimum atomic E-state index is -0.427. The molecule has 2 rings (SSSR count). The minimum Gasteiger partial charge on any atom is -0.489 e. The second-order valence-corrected chi connectivity index (χ2v) is 5.30. The van der Waals surface area contributed by atoms with Crippen LogP contribution in [0.4, 0.5) is 0 Å². The molecule has 0 amide bonds. The van der Waals surface area contributed by atoms with Crippen LogP contribution >= 0.6 is 12.2 Å². The van der Waals surface area contributed by atoms with Gasteiger partial charge in [0.05, 0.1) is 0 Å². The molecule has 0 fully saturated rings. The lowest BCUT2D eigenvalue weighted by Gasteiger charge is -2.08. The molecular formula is C19H18O4S. The van der Waals surface area contributed by atoms with Crippen LogP contribution in [0.15, 0.2) is 66.2 Å².